The van der Waals surface area contributed by atoms with Crippen LogP contribution in [0.5, 0.6) is 5.75 Å². The second kappa shape index (κ2) is 8.62. The first-order valence-corrected chi connectivity index (χ1v) is 9.66. The number of ether oxygens (including phenoxy) is 1. The first-order valence-electron chi connectivity index (χ1n) is 9.66. The molecule has 0 fully saturated rings. The van der Waals surface area contributed by atoms with Gasteiger partial charge >= 0.3 is 12.3 Å². The van der Waals surface area contributed by atoms with E-state index in [1.54, 1.807) is 48.5 Å². The number of alkyl halides is 3. The lowest BCUT2D eigenvalue weighted by Gasteiger charge is -2.12. The van der Waals surface area contributed by atoms with Crippen molar-refractivity contribution in [1.29, 1.82) is 0 Å². The molecule has 0 aliphatic rings. The van der Waals surface area contributed by atoms with Crippen LogP contribution in [0.25, 0.3) is 22.0 Å². The number of pyridine rings is 1. The molecule has 1 aromatic heterocycles. The van der Waals surface area contributed by atoms with Gasteiger partial charge in [-0.1, -0.05) is 36.4 Å². The molecule has 9 heteroatoms. The Morgan fingerprint density at radius 2 is 1.67 bits per heavy atom. The van der Waals surface area contributed by atoms with Crippen molar-refractivity contribution in [2.24, 2.45) is 5.73 Å². The van der Waals surface area contributed by atoms with Crippen molar-refractivity contribution in [3.8, 4) is 16.9 Å². The van der Waals surface area contributed by atoms with E-state index in [1.807, 2.05) is 0 Å². The highest BCUT2D eigenvalue weighted by Gasteiger charge is 2.30. The van der Waals surface area contributed by atoms with Crippen LogP contribution in [0.15, 0.2) is 79.0 Å². The van der Waals surface area contributed by atoms with Crippen molar-refractivity contribution in [2.45, 2.75) is 6.18 Å². The van der Waals surface area contributed by atoms with Gasteiger partial charge in [0, 0.05) is 16.6 Å². The van der Waals surface area contributed by atoms with E-state index in [4.69, 9.17) is 10.5 Å². The van der Waals surface area contributed by atoms with Crippen molar-refractivity contribution >= 4 is 28.6 Å². The molecule has 0 saturated carbocycles. The number of hydrogen-bond donors (Lipinski definition) is 2. The molecule has 0 radical (unpaired) electrons. The first-order chi connectivity index (χ1) is 15.7. The Kier molecular flexibility index (Phi) is 5.70. The number of carbonyl (C=O) groups excluding carboxylic acids is 2. The molecule has 4 aromatic rings. The lowest BCUT2D eigenvalue weighted by atomic mass is 9.98. The van der Waals surface area contributed by atoms with Crippen LogP contribution >= 0.6 is 0 Å². The fraction of sp³-hybridized carbons (Fsp3) is 0.0417. The lowest BCUT2D eigenvalue weighted by molar-refractivity contribution is -0.137. The summed E-state index contributed by atoms with van der Waals surface area (Å²) in [6, 6.07) is 17.8. The number of hydrogen-bond acceptors (Lipinski definition) is 4. The number of amides is 2. The van der Waals surface area contributed by atoms with E-state index in [1.165, 1.54) is 18.3 Å². The number of nitrogens with zero attached hydrogens (tertiary/aromatic N) is 1. The van der Waals surface area contributed by atoms with Crippen LogP contribution in [0.2, 0.25) is 0 Å². The highest BCUT2D eigenvalue weighted by atomic mass is 19.4. The number of nitrogens with one attached hydrogen (secondary N) is 1. The van der Waals surface area contributed by atoms with Gasteiger partial charge in [-0.05, 0) is 47.5 Å². The average Bonchev–Trinajstić information content (AvgIpc) is 2.78. The molecular weight excluding hydrogens is 435 g/mol. The highest BCUT2D eigenvalue weighted by molar-refractivity contribution is 6.09. The Labute approximate surface area is 185 Å². The van der Waals surface area contributed by atoms with Crippen LogP contribution in [-0.4, -0.2) is 17.0 Å². The molecule has 0 saturated heterocycles. The normalized spacial score (nSPS) is 11.2. The van der Waals surface area contributed by atoms with E-state index in [9.17, 15) is 22.8 Å². The van der Waals surface area contributed by atoms with Gasteiger partial charge in [0.15, 0.2) is 5.75 Å². The Hall–Kier alpha value is -4.40. The maximum Gasteiger partial charge on any atom is 0.416 e. The summed E-state index contributed by atoms with van der Waals surface area (Å²) in [6.45, 7) is 0. The Morgan fingerprint density at radius 1 is 0.939 bits per heavy atom. The molecule has 0 bridgehead atoms. The summed E-state index contributed by atoms with van der Waals surface area (Å²) in [7, 11) is 0. The standard InChI is InChI=1S/C24H16F3N3O3/c25-24(26,27)16-8-5-14(6-9-16)19-3-1-2-4-20(19)22(31)30-17-10-7-15-11-18(33-23(28)32)13-29-21(15)12-17/h1-13H,(H2,28,32)(H,30,31). The molecule has 6 nitrogen and oxygen atoms in total. The zero-order valence-electron chi connectivity index (χ0n) is 16.9. The number of aromatic nitrogens is 1. The summed E-state index contributed by atoms with van der Waals surface area (Å²) < 4.78 is 43.4. The molecule has 4 rings (SSSR count). The van der Waals surface area contributed by atoms with E-state index in [-0.39, 0.29) is 5.75 Å². The van der Waals surface area contributed by atoms with Crippen LogP contribution in [0.1, 0.15) is 15.9 Å². The van der Waals surface area contributed by atoms with Crippen molar-refractivity contribution in [3.63, 3.8) is 0 Å². The number of benzene rings is 3. The summed E-state index contributed by atoms with van der Waals surface area (Å²) >= 11 is 0. The maximum absolute atomic E-state index is 13.0. The van der Waals surface area contributed by atoms with Gasteiger partial charge in [0.2, 0.25) is 0 Å². The van der Waals surface area contributed by atoms with Crippen molar-refractivity contribution in [1.82, 2.24) is 4.98 Å². The lowest BCUT2D eigenvalue weighted by Crippen LogP contribution is -2.16. The average molecular weight is 451 g/mol. The second-order valence-electron chi connectivity index (χ2n) is 7.07. The zero-order valence-corrected chi connectivity index (χ0v) is 16.9. The van der Waals surface area contributed by atoms with Crippen LogP contribution < -0.4 is 15.8 Å². The molecule has 2 amide bonds. The molecule has 0 atom stereocenters. The molecule has 0 aliphatic heterocycles. The number of anilines is 1. The van der Waals surface area contributed by atoms with E-state index >= 15 is 0 Å². The number of rotatable bonds is 4. The molecule has 1 heterocycles. The summed E-state index contributed by atoms with van der Waals surface area (Å²) in [5, 5.41) is 3.44. The van der Waals surface area contributed by atoms with Gasteiger partial charge in [0.05, 0.1) is 17.3 Å². The van der Waals surface area contributed by atoms with Gasteiger partial charge in [-0.25, -0.2) is 4.79 Å². The minimum Gasteiger partial charge on any atom is -0.409 e. The van der Waals surface area contributed by atoms with Crippen molar-refractivity contribution in [3.05, 3.63) is 90.1 Å². The molecular formula is C24H16F3N3O3. The van der Waals surface area contributed by atoms with Crippen LogP contribution in [0, 0.1) is 0 Å². The smallest absolute Gasteiger partial charge is 0.409 e. The van der Waals surface area contributed by atoms with Gasteiger partial charge in [-0.15, -0.1) is 0 Å². The number of nitrogens with two attached hydrogens (primary N) is 1. The van der Waals surface area contributed by atoms with Crippen molar-refractivity contribution in [2.75, 3.05) is 5.32 Å². The SMILES string of the molecule is NC(=O)Oc1cnc2cc(NC(=O)c3ccccc3-c3ccc(C(F)(F)F)cc3)ccc2c1. The van der Waals surface area contributed by atoms with Crippen molar-refractivity contribution < 1.29 is 27.5 Å². The Morgan fingerprint density at radius 3 is 2.36 bits per heavy atom. The van der Waals surface area contributed by atoms with Crippen LogP contribution in [0.3, 0.4) is 0 Å². The molecule has 0 aliphatic carbocycles. The number of carbonyl (C=O) groups is 2. The third kappa shape index (κ3) is 4.93. The van der Waals surface area contributed by atoms with E-state index in [2.05, 4.69) is 10.3 Å². The fourth-order valence-electron chi connectivity index (χ4n) is 3.32. The molecule has 0 unspecified atom stereocenters. The third-order valence-corrected chi connectivity index (χ3v) is 4.83. The zero-order chi connectivity index (χ0) is 23.6. The van der Waals surface area contributed by atoms with E-state index in [0.29, 0.717) is 33.3 Å². The molecule has 0 spiro atoms. The fourth-order valence-corrected chi connectivity index (χ4v) is 3.32. The van der Waals surface area contributed by atoms with Crippen LogP contribution in [0.4, 0.5) is 23.7 Å². The maximum atomic E-state index is 13.0. The summed E-state index contributed by atoms with van der Waals surface area (Å²) in [4.78, 5) is 28.0. The predicted molar refractivity (Wildman–Crippen MR) is 117 cm³/mol. The summed E-state index contributed by atoms with van der Waals surface area (Å²) in [5.41, 5.74) is 6.52. The molecule has 166 valence electrons. The molecule has 3 N–H and O–H groups in total. The predicted octanol–water partition coefficient (Wildman–Crippen LogP) is 5.63. The largest absolute Gasteiger partial charge is 0.416 e. The minimum atomic E-state index is -4.44. The number of primary amides is 1. The number of halogens is 3. The summed E-state index contributed by atoms with van der Waals surface area (Å²) in [5.74, 6) is -0.240. The van der Waals surface area contributed by atoms with Gasteiger partial charge in [-0.3, -0.25) is 9.78 Å². The first kappa shape index (κ1) is 21.8. The van der Waals surface area contributed by atoms with Gasteiger partial charge in [-0.2, -0.15) is 13.2 Å². The van der Waals surface area contributed by atoms with Gasteiger partial charge in [0.25, 0.3) is 5.91 Å². The Balaban J connectivity index is 1.59. The number of fused-ring (bicyclic) bond motifs is 1. The Bertz CT molecular complexity index is 1350. The minimum absolute atomic E-state index is 0.192. The molecule has 33 heavy (non-hydrogen) atoms. The van der Waals surface area contributed by atoms with Crippen LogP contribution in [-0.2, 0) is 6.18 Å². The second-order valence-corrected chi connectivity index (χ2v) is 7.07. The van der Waals surface area contributed by atoms with Gasteiger partial charge in [0.1, 0.15) is 0 Å². The highest BCUT2D eigenvalue weighted by Crippen LogP contribution is 2.32. The third-order valence-electron chi connectivity index (χ3n) is 4.83. The quantitative estimate of drug-likeness (QED) is 0.420. The summed E-state index contributed by atoms with van der Waals surface area (Å²) in [6.07, 6.45) is -4.06. The van der Waals surface area contributed by atoms with E-state index < -0.39 is 23.7 Å². The monoisotopic (exact) mass is 451 g/mol. The van der Waals surface area contributed by atoms with Gasteiger partial charge < -0.3 is 15.8 Å². The van der Waals surface area contributed by atoms with E-state index in [0.717, 1.165) is 12.1 Å². The topological polar surface area (TPSA) is 94.3 Å². The molecule has 3 aromatic carbocycles.